The number of carboxylic acids is 1. The van der Waals surface area contributed by atoms with Crippen molar-refractivity contribution in [3.63, 3.8) is 0 Å². The summed E-state index contributed by atoms with van der Waals surface area (Å²) in [5.74, 6) is -0.552. The Morgan fingerprint density at radius 1 is 1.60 bits per heavy atom. The van der Waals surface area contributed by atoms with Gasteiger partial charge in [0.05, 0.1) is 5.92 Å². The third kappa shape index (κ3) is 1.75. The van der Waals surface area contributed by atoms with Crippen LogP contribution in [0.2, 0.25) is 0 Å². The molecule has 2 atom stereocenters. The number of rotatable bonds is 2. The number of phenolic OH excluding ortho intramolecular Hbond substituents is 1. The molecular formula is C11H12O4. The maximum atomic E-state index is 10.8. The molecular weight excluding hydrogens is 196 g/mol. The van der Waals surface area contributed by atoms with E-state index in [9.17, 15) is 9.90 Å². The van der Waals surface area contributed by atoms with Crippen LogP contribution < -0.4 is 4.74 Å². The van der Waals surface area contributed by atoms with Gasteiger partial charge in [0, 0.05) is 12.0 Å². The number of hydrogen-bond donors (Lipinski definition) is 2. The van der Waals surface area contributed by atoms with E-state index in [-0.39, 0.29) is 11.9 Å². The number of benzene rings is 1. The van der Waals surface area contributed by atoms with E-state index in [1.54, 1.807) is 19.1 Å². The molecule has 0 radical (unpaired) electrons. The number of fused-ring (bicyclic) bond motifs is 1. The maximum Gasteiger partial charge on any atom is 0.309 e. The molecule has 0 bridgehead atoms. The molecule has 4 nitrogen and oxygen atoms in total. The van der Waals surface area contributed by atoms with E-state index in [0.717, 1.165) is 5.56 Å². The molecule has 80 valence electrons. The number of carbonyl (C=O) groups is 1. The number of ether oxygens (including phenoxy) is 1. The number of phenols is 1. The molecule has 15 heavy (non-hydrogen) atoms. The molecule has 2 N–H and O–H groups in total. The highest BCUT2D eigenvalue weighted by Gasteiger charge is 2.31. The summed E-state index contributed by atoms with van der Waals surface area (Å²) in [6.45, 7) is 1.62. The Balaban J connectivity index is 2.19. The van der Waals surface area contributed by atoms with Gasteiger partial charge in [-0.3, -0.25) is 4.79 Å². The molecule has 0 saturated heterocycles. The summed E-state index contributed by atoms with van der Waals surface area (Å²) in [5, 5.41) is 18.1. The van der Waals surface area contributed by atoms with Crippen LogP contribution in [0, 0.1) is 5.92 Å². The van der Waals surface area contributed by atoms with Gasteiger partial charge >= 0.3 is 5.97 Å². The summed E-state index contributed by atoms with van der Waals surface area (Å²) in [6.07, 6.45) is 0.205. The van der Waals surface area contributed by atoms with Crippen molar-refractivity contribution >= 4 is 5.97 Å². The van der Waals surface area contributed by atoms with Crippen molar-refractivity contribution < 1.29 is 19.7 Å². The van der Waals surface area contributed by atoms with E-state index in [4.69, 9.17) is 9.84 Å². The summed E-state index contributed by atoms with van der Waals surface area (Å²) in [4.78, 5) is 10.8. The molecule has 0 aliphatic carbocycles. The third-order valence-corrected chi connectivity index (χ3v) is 2.69. The average Bonchev–Trinajstić information content (AvgIpc) is 2.58. The van der Waals surface area contributed by atoms with Crippen LogP contribution in [-0.2, 0) is 11.2 Å². The van der Waals surface area contributed by atoms with Gasteiger partial charge in [0.25, 0.3) is 0 Å². The summed E-state index contributed by atoms with van der Waals surface area (Å²) in [7, 11) is 0. The van der Waals surface area contributed by atoms with Gasteiger partial charge in [0.1, 0.15) is 17.6 Å². The Morgan fingerprint density at radius 3 is 3.00 bits per heavy atom. The minimum Gasteiger partial charge on any atom is -0.508 e. The van der Waals surface area contributed by atoms with Crippen molar-refractivity contribution in [2.24, 2.45) is 5.92 Å². The number of hydrogen-bond acceptors (Lipinski definition) is 3. The molecule has 1 heterocycles. The van der Waals surface area contributed by atoms with Crippen LogP contribution in [0.4, 0.5) is 0 Å². The van der Waals surface area contributed by atoms with Crippen molar-refractivity contribution in [1.82, 2.24) is 0 Å². The van der Waals surface area contributed by atoms with E-state index in [2.05, 4.69) is 0 Å². The van der Waals surface area contributed by atoms with Gasteiger partial charge < -0.3 is 14.9 Å². The zero-order valence-electron chi connectivity index (χ0n) is 8.30. The second kappa shape index (κ2) is 3.46. The zero-order valence-corrected chi connectivity index (χ0v) is 8.30. The Labute approximate surface area is 87.1 Å². The molecule has 1 aliphatic rings. The van der Waals surface area contributed by atoms with Crippen molar-refractivity contribution in [3.05, 3.63) is 23.8 Å². The topological polar surface area (TPSA) is 66.8 Å². The fourth-order valence-electron chi connectivity index (χ4n) is 1.70. The first-order valence-electron chi connectivity index (χ1n) is 4.79. The van der Waals surface area contributed by atoms with Crippen molar-refractivity contribution in [2.75, 3.05) is 0 Å². The first kappa shape index (κ1) is 9.83. The maximum absolute atomic E-state index is 10.8. The van der Waals surface area contributed by atoms with Crippen molar-refractivity contribution in [2.45, 2.75) is 19.4 Å². The molecule has 1 aromatic carbocycles. The lowest BCUT2D eigenvalue weighted by atomic mass is 10.00. The highest BCUT2D eigenvalue weighted by Crippen LogP contribution is 2.33. The second-order valence-corrected chi connectivity index (χ2v) is 3.78. The molecule has 4 heteroatoms. The minimum absolute atomic E-state index is 0.181. The van der Waals surface area contributed by atoms with Crippen LogP contribution in [0.1, 0.15) is 12.5 Å². The standard InChI is InChI=1S/C11H12O4/c1-6(11(13)14)10-5-7-4-8(12)2-3-9(7)15-10/h2-4,6,10,12H,5H2,1H3,(H,13,14). The lowest BCUT2D eigenvalue weighted by Gasteiger charge is -2.14. The third-order valence-electron chi connectivity index (χ3n) is 2.69. The van der Waals surface area contributed by atoms with Gasteiger partial charge in [-0.1, -0.05) is 0 Å². The first-order valence-corrected chi connectivity index (χ1v) is 4.79. The predicted octanol–water partition coefficient (Wildman–Crippen LogP) is 1.42. The number of carboxylic acid groups (broad SMARTS) is 1. The summed E-state index contributed by atoms with van der Waals surface area (Å²) >= 11 is 0. The first-order chi connectivity index (χ1) is 7.08. The van der Waals surface area contributed by atoms with Gasteiger partial charge in [-0.25, -0.2) is 0 Å². The van der Waals surface area contributed by atoms with Gasteiger partial charge in [0.2, 0.25) is 0 Å². The van der Waals surface area contributed by atoms with Crippen molar-refractivity contribution in [1.29, 1.82) is 0 Å². The van der Waals surface area contributed by atoms with E-state index in [1.165, 1.54) is 6.07 Å². The molecule has 0 fully saturated rings. The quantitative estimate of drug-likeness (QED) is 0.771. The van der Waals surface area contributed by atoms with Crippen molar-refractivity contribution in [3.8, 4) is 11.5 Å². The van der Waals surface area contributed by atoms with E-state index >= 15 is 0 Å². The molecule has 1 aromatic rings. The van der Waals surface area contributed by atoms with Gasteiger partial charge in [0.15, 0.2) is 0 Å². The number of aromatic hydroxyl groups is 1. The Hall–Kier alpha value is -1.71. The molecule has 0 aromatic heterocycles. The molecule has 0 spiro atoms. The van der Waals surface area contributed by atoms with Crippen LogP contribution in [0.25, 0.3) is 0 Å². The van der Waals surface area contributed by atoms with Crippen LogP contribution in [-0.4, -0.2) is 22.3 Å². The van der Waals surface area contributed by atoms with Crippen LogP contribution in [0.15, 0.2) is 18.2 Å². The smallest absolute Gasteiger partial charge is 0.309 e. The summed E-state index contributed by atoms with van der Waals surface area (Å²) < 4.78 is 5.49. The van der Waals surface area contributed by atoms with E-state index < -0.39 is 11.9 Å². The fraction of sp³-hybridized carbons (Fsp3) is 0.364. The Morgan fingerprint density at radius 2 is 2.33 bits per heavy atom. The SMILES string of the molecule is CC(C(=O)O)C1Cc2cc(O)ccc2O1. The summed E-state index contributed by atoms with van der Waals surface area (Å²) in [5.41, 5.74) is 0.869. The molecule has 0 saturated carbocycles. The molecule has 1 aliphatic heterocycles. The lowest BCUT2D eigenvalue weighted by Crippen LogP contribution is -2.29. The van der Waals surface area contributed by atoms with Crippen LogP contribution in [0.3, 0.4) is 0 Å². The van der Waals surface area contributed by atoms with Crippen LogP contribution in [0.5, 0.6) is 11.5 Å². The van der Waals surface area contributed by atoms with Gasteiger partial charge in [-0.05, 0) is 25.1 Å². The van der Waals surface area contributed by atoms with Gasteiger partial charge in [-0.15, -0.1) is 0 Å². The Bertz CT molecular complexity index is 400. The highest BCUT2D eigenvalue weighted by atomic mass is 16.5. The van der Waals surface area contributed by atoms with E-state index in [1.807, 2.05) is 0 Å². The highest BCUT2D eigenvalue weighted by molar-refractivity contribution is 5.70. The largest absolute Gasteiger partial charge is 0.508 e. The molecule has 2 rings (SSSR count). The van der Waals surface area contributed by atoms with Crippen LogP contribution >= 0.6 is 0 Å². The zero-order chi connectivity index (χ0) is 11.0. The number of aliphatic carboxylic acids is 1. The minimum atomic E-state index is -0.864. The predicted molar refractivity (Wildman–Crippen MR) is 53.0 cm³/mol. The molecule has 2 unspecified atom stereocenters. The monoisotopic (exact) mass is 208 g/mol. The fourth-order valence-corrected chi connectivity index (χ4v) is 1.70. The molecule has 0 amide bonds. The normalized spacial score (nSPS) is 20.5. The van der Waals surface area contributed by atoms with E-state index in [0.29, 0.717) is 12.2 Å². The lowest BCUT2D eigenvalue weighted by molar-refractivity contribution is -0.143. The average molecular weight is 208 g/mol. The summed E-state index contributed by atoms with van der Waals surface area (Å²) in [6, 6.07) is 4.82. The Kier molecular flexibility index (Phi) is 2.26. The van der Waals surface area contributed by atoms with Gasteiger partial charge in [-0.2, -0.15) is 0 Å². The second-order valence-electron chi connectivity index (χ2n) is 3.78.